The summed E-state index contributed by atoms with van der Waals surface area (Å²) in [5.41, 5.74) is 1.45. The summed E-state index contributed by atoms with van der Waals surface area (Å²) in [7, 11) is 3.77. The Kier molecular flexibility index (Phi) is 5.15. The molecule has 0 saturated heterocycles. The molecule has 1 aliphatic heterocycles. The molecule has 0 saturated carbocycles. The molecule has 0 aromatic carbocycles. The largest absolute Gasteiger partial charge is 0.380 e. The summed E-state index contributed by atoms with van der Waals surface area (Å²) in [6.45, 7) is 6.39. The number of nitrogens with one attached hydrogen (secondary N) is 1. The predicted octanol–water partition coefficient (Wildman–Crippen LogP) is 0.873. The first-order chi connectivity index (χ1) is 6.76. The lowest BCUT2D eigenvalue weighted by atomic mass is 10.1. The Labute approximate surface area is 87.1 Å². The molecule has 0 fully saturated rings. The van der Waals surface area contributed by atoms with Crippen molar-refractivity contribution in [2.45, 2.75) is 19.4 Å². The van der Waals surface area contributed by atoms with Crippen LogP contribution in [0, 0.1) is 0 Å². The van der Waals surface area contributed by atoms with E-state index in [2.05, 4.69) is 23.2 Å². The summed E-state index contributed by atoms with van der Waals surface area (Å²) < 4.78 is 5.12. The van der Waals surface area contributed by atoms with E-state index >= 15 is 0 Å². The molecule has 0 spiro atoms. The predicted molar refractivity (Wildman–Crippen MR) is 59.5 cm³/mol. The molecule has 14 heavy (non-hydrogen) atoms. The average Bonchev–Trinajstić information content (AvgIpc) is 2.21. The highest BCUT2D eigenvalue weighted by Gasteiger charge is 2.12. The van der Waals surface area contributed by atoms with E-state index in [-0.39, 0.29) is 0 Å². The molecule has 1 N–H and O–H groups in total. The van der Waals surface area contributed by atoms with Crippen molar-refractivity contribution in [1.29, 1.82) is 0 Å². The molecule has 0 aromatic rings. The number of hydrogen-bond donors (Lipinski definition) is 1. The van der Waals surface area contributed by atoms with Gasteiger partial charge in [0.25, 0.3) is 0 Å². The summed E-state index contributed by atoms with van der Waals surface area (Å²) in [5, 5.41) is 3.26. The SMILES string of the molecule is CNC(C)CN1CC=C(COC)CC1. The van der Waals surface area contributed by atoms with Crippen LogP contribution in [0.1, 0.15) is 13.3 Å². The first kappa shape index (κ1) is 11.7. The maximum Gasteiger partial charge on any atom is 0.0673 e. The van der Waals surface area contributed by atoms with Gasteiger partial charge in [-0.05, 0) is 26.0 Å². The zero-order valence-electron chi connectivity index (χ0n) is 9.55. The smallest absolute Gasteiger partial charge is 0.0673 e. The van der Waals surface area contributed by atoms with Crippen LogP contribution in [0.3, 0.4) is 0 Å². The Balaban J connectivity index is 2.27. The average molecular weight is 198 g/mol. The highest BCUT2D eigenvalue weighted by atomic mass is 16.5. The normalized spacial score (nSPS) is 20.6. The molecule has 0 amide bonds. The van der Waals surface area contributed by atoms with Gasteiger partial charge in [0.2, 0.25) is 0 Å². The zero-order chi connectivity index (χ0) is 10.4. The van der Waals surface area contributed by atoms with E-state index in [4.69, 9.17) is 4.74 Å². The zero-order valence-corrected chi connectivity index (χ0v) is 9.55. The number of likely N-dealkylation sites (N-methyl/N-ethyl adjacent to an activating group) is 1. The maximum atomic E-state index is 5.12. The van der Waals surface area contributed by atoms with Crippen molar-refractivity contribution in [3.8, 4) is 0 Å². The van der Waals surface area contributed by atoms with E-state index in [9.17, 15) is 0 Å². The van der Waals surface area contributed by atoms with Crippen LogP contribution in [0.25, 0.3) is 0 Å². The van der Waals surface area contributed by atoms with E-state index in [0.717, 1.165) is 26.1 Å². The first-order valence-corrected chi connectivity index (χ1v) is 5.32. The van der Waals surface area contributed by atoms with Crippen LogP contribution in [-0.4, -0.2) is 51.3 Å². The monoisotopic (exact) mass is 198 g/mol. The Bertz CT molecular complexity index is 192. The molecule has 0 aromatic heterocycles. The molecule has 3 heteroatoms. The summed E-state index contributed by atoms with van der Waals surface area (Å²) in [5.74, 6) is 0. The minimum absolute atomic E-state index is 0.576. The molecule has 1 heterocycles. The Hall–Kier alpha value is -0.380. The summed E-state index contributed by atoms with van der Waals surface area (Å²) >= 11 is 0. The van der Waals surface area contributed by atoms with Gasteiger partial charge in [-0.15, -0.1) is 0 Å². The Morgan fingerprint density at radius 2 is 2.43 bits per heavy atom. The number of ether oxygens (including phenoxy) is 1. The highest BCUT2D eigenvalue weighted by Crippen LogP contribution is 2.10. The molecule has 82 valence electrons. The molecular weight excluding hydrogens is 176 g/mol. The molecule has 1 atom stereocenters. The highest BCUT2D eigenvalue weighted by molar-refractivity contribution is 5.07. The molecule has 1 aliphatic rings. The second-order valence-electron chi connectivity index (χ2n) is 3.99. The lowest BCUT2D eigenvalue weighted by Gasteiger charge is -2.28. The fourth-order valence-electron chi connectivity index (χ4n) is 1.71. The number of methoxy groups -OCH3 is 1. The van der Waals surface area contributed by atoms with Gasteiger partial charge >= 0.3 is 0 Å². The van der Waals surface area contributed by atoms with E-state index < -0.39 is 0 Å². The van der Waals surface area contributed by atoms with Gasteiger partial charge in [-0.3, -0.25) is 4.90 Å². The number of hydrogen-bond acceptors (Lipinski definition) is 3. The van der Waals surface area contributed by atoms with Crippen molar-refractivity contribution in [2.75, 3.05) is 40.4 Å². The lowest BCUT2D eigenvalue weighted by Crippen LogP contribution is -2.39. The van der Waals surface area contributed by atoms with Crippen LogP contribution >= 0.6 is 0 Å². The van der Waals surface area contributed by atoms with Gasteiger partial charge in [-0.2, -0.15) is 0 Å². The standard InChI is InChI=1S/C11H22N2O/c1-10(12-2)8-13-6-4-11(5-7-13)9-14-3/h4,10,12H,5-9H2,1-3H3. The minimum atomic E-state index is 0.576. The van der Waals surface area contributed by atoms with Crippen LogP contribution < -0.4 is 5.32 Å². The van der Waals surface area contributed by atoms with Crippen molar-refractivity contribution in [2.24, 2.45) is 0 Å². The number of nitrogens with zero attached hydrogens (tertiary/aromatic N) is 1. The van der Waals surface area contributed by atoms with Crippen molar-refractivity contribution >= 4 is 0 Å². The third kappa shape index (κ3) is 3.78. The van der Waals surface area contributed by atoms with Gasteiger partial charge in [0.1, 0.15) is 0 Å². The lowest BCUT2D eigenvalue weighted by molar-refractivity contribution is 0.208. The van der Waals surface area contributed by atoms with Gasteiger partial charge in [0.15, 0.2) is 0 Å². The summed E-state index contributed by atoms with van der Waals surface area (Å²) in [6.07, 6.45) is 3.46. The van der Waals surface area contributed by atoms with E-state index in [1.165, 1.54) is 12.1 Å². The molecule has 3 nitrogen and oxygen atoms in total. The summed E-state index contributed by atoms with van der Waals surface area (Å²) in [4.78, 5) is 2.47. The topological polar surface area (TPSA) is 24.5 Å². The van der Waals surface area contributed by atoms with E-state index in [0.29, 0.717) is 6.04 Å². The fourth-order valence-corrected chi connectivity index (χ4v) is 1.71. The molecule has 1 unspecified atom stereocenters. The molecule has 0 aliphatic carbocycles. The van der Waals surface area contributed by atoms with E-state index in [1.807, 2.05) is 7.05 Å². The van der Waals surface area contributed by atoms with Gasteiger partial charge in [-0.1, -0.05) is 6.08 Å². The third-order valence-electron chi connectivity index (χ3n) is 2.74. The molecule has 1 rings (SSSR count). The number of rotatable bonds is 5. The van der Waals surface area contributed by atoms with Crippen molar-refractivity contribution in [1.82, 2.24) is 10.2 Å². The minimum Gasteiger partial charge on any atom is -0.380 e. The second-order valence-corrected chi connectivity index (χ2v) is 3.99. The van der Waals surface area contributed by atoms with Crippen molar-refractivity contribution in [3.05, 3.63) is 11.6 Å². The van der Waals surface area contributed by atoms with Crippen LogP contribution in [-0.2, 0) is 4.74 Å². The van der Waals surface area contributed by atoms with Crippen LogP contribution in [0.5, 0.6) is 0 Å². The molecular formula is C11H22N2O. The Morgan fingerprint density at radius 1 is 1.64 bits per heavy atom. The van der Waals surface area contributed by atoms with E-state index in [1.54, 1.807) is 7.11 Å². The van der Waals surface area contributed by atoms with Crippen LogP contribution in [0.4, 0.5) is 0 Å². The van der Waals surface area contributed by atoms with Gasteiger partial charge in [0, 0.05) is 32.8 Å². The maximum absolute atomic E-state index is 5.12. The van der Waals surface area contributed by atoms with Crippen molar-refractivity contribution in [3.63, 3.8) is 0 Å². The van der Waals surface area contributed by atoms with Gasteiger partial charge < -0.3 is 10.1 Å². The molecule has 0 radical (unpaired) electrons. The van der Waals surface area contributed by atoms with Crippen LogP contribution in [0.15, 0.2) is 11.6 Å². The second kappa shape index (κ2) is 6.17. The summed E-state index contributed by atoms with van der Waals surface area (Å²) in [6, 6.07) is 0.576. The van der Waals surface area contributed by atoms with Gasteiger partial charge in [-0.25, -0.2) is 0 Å². The van der Waals surface area contributed by atoms with Gasteiger partial charge in [0.05, 0.1) is 6.61 Å². The van der Waals surface area contributed by atoms with Crippen molar-refractivity contribution < 1.29 is 4.74 Å². The Morgan fingerprint density at radius 3 is 2.93 bits per heavy atom. The first-order valence-electron chi connectivity index (χ1n) is 5.32. The van der Waals surface area contributed by atoms with Crippen LogP contribution in [0.2, 0.25) is 0 Å². The fraction of sp³-hybridized carbons (Fsp3) is 0.818. The molecule has 0 bridgehead atoms. The quantitative estimate of drug-likeness (QED) is 0.664. The third-order valence-corrected chi connectivity index (χ3v) is 2.74.